The average molecular weight is 363 g/mol. The molecule has 2 aromatic heterocycles. The summed E-state index contributed by atoms with van der Waals surface area (Å²) in [5, 5.41) is 10.5. The summed E-state index contributed by atoms with van der Waals surface area (Å²) >= 11 is 0. The quantitative estimate of drug-likeness (QED) is 0.544. The van der Waals surface area contributed by atoms with Gasteiger partial charge in [0.15, 0.2) is 0 Å². The normalized spacial score (nSPS) is 16.1. The smallest absolute Gasteiger partial charge is 0.253 e. The highest BCUT2D eigenvalue weighted by molar-refractivity contribution is 5.95. The van der Waals surface area contributed by atoms with Crippen LogP contribution in [0.3, 0.4) is 0 Å². The van der Waals surface area contributed by atoms with Crippen LogP contribution in [0, 0.1) is 25.2 Å². The fourth-order valence-electron chi connectivity index (χ4n) is 3.25. The molecule has 140 valence electrons. The summed E-state index contributed by atoms with van der Waals surface area (Å²) in [6.45, 7) is 5.17. The third kappa shape index (κ3) is 4.34. The largest absolute Gasteiger partial charge is 0.387 e. The van der Waals surface area contributed by atoms with Crippen molar-refractivity contribution in [1.82, 2.24) is 14.9 Å². The Kier molecular flexibility index (Phi) is 5.54. The number of hydrogen-bond acceptors (Lipinski definition) is 3. The van der Waals surface area contributed by atoms with Gasteiger partial charge in [0.1, 0.15) is 0 Å². The zero-order chi connectivity index (χ0) is 19.4. The van der Waals surface area contributed by atoms with Crippen molar-refractivity contribution in [1.29, 1.82) is 5.41 Å². The number of carbonyl (C=O) groups is 1. The molecular formula is C21H25N5O. The van der Waals surface area contributed by atoms with Crippen LogP contribution >= 0.6 is 0 Å². The van der Waals surface area contributed by atoms with Crippen LogP contribution in [0.2, 0.25) is 0 Å². The number of nitrogens with zero attached hydrogens (tertiary/aromatic N) is 2. The topological polar surface area (TPSA) is 96.8 Å². The van der Waals surface area contributed by atoms with Crippen molar-refractivity contribution in [2.45, 2.75) is 26.8 Å². The molecule has 0 radical (unpaired) electrons. The molecule has 1 unspecified atom stereocenters. The molecule has 4 N–H and O–H groups in total. The molecule has 1 aliphatic carbocycles. The highest BCUT2D eigenvalue weighted by Gasteiger charge is 2.17. The molecule has 1 atom stereocenters. The maximum atomic E-state index is 12.7. The van der Waals surface area contributed by atoms with Gasteiger partial charge in [0.05, 0.1) is 11.4 Å². The number of aromatic nitrogens is 2. The van der Waals surface area contributed by atoms with Crippen molar-refractivity contribution in [2.75, 3.05) is 6.54 Å². The van der Waals surface area contributed by atoms with E-state index >= 15 is 0 Å². The number of pyridine rings is 1. The number of allylic oxidation sites excluding steroid dienone is 1. The second-order valence-electron chi connectivity index (χ2n) is 6.84. The summed E-state index contributed by atoms with van der Waals surface area (Å²) in [5.74, 6) is 0.0656. The molecule has 2 heterocycles. The first-order valence-electron chi connectivity index (χ1n) is 9.00. The van der Waals surface area contributed by atoms with E-state index in [1.54, 1.807) is 12.4 Å². The summed E-state index contributed by atoms with van der Waals surface area (Å²) in [6.07, 6.45) is 10.1. The maximum absolute atomic E-state index is 12.7. The summed E-state index contributed by atoms with van der Waals surface area (Å²) in [5.41, 5.74) is 10.4. The summed E-state index contributed by atoms with van der Waals surface area (Å²) < 4.78 is 2.14. The lowest BCUT2D eigenvalue weighted by Crippen LogP contribution is -2.27. The Morgan fingerprint density at radius 3 is 2.74 bits per heavy atom. The van der Waals surface area contributed by atoms with Crippen LogP contribution in [-0.4, -0.2) is 27.8 Å². The Bertz CT molecular complexity index is 908. The number of nitrogens with one attached hydrogen (secondary N) is 2. The van der Waals surface area contributed by atoms with Crippen molar-refractivity contribution in [3.63, 3.8) is 0 Å². The Labute approximate surface area is 159 Å². The molecule has 3 rings (SSSR count). The molecule has 0 fully saturated rings. The number of rotatable bonds is 6. The van der Waals surface area contributed by atoms with Gasteiger partial charge < -0.3 is 15.6 Å². The highest BCUT2D eigenvalue weighted by Crippen LogP contribution is 2.18. The Morgan fingerprint density at radius 1 is 1.37 bits per heavy atom. The van der Waals surface area contributed by atoms with E-state index in [-0.39, 0.29) is 17.7 Å². The van der Waals surface area contributed by atoms with Gasteiger partial charge in [-0.05, 0) is 49.6 Å². The van der Waals surface area contributed by atoms with E-state index in [2.05, 4.69) is 14.9 Å². The summed E-state index contributed by atoms with van der Waals surface area (Å²) in [4.78, 5) is 16.7. The van der Waals surface area contributed by atoms with E-state index in [0.717, 1.165) is 22.5 Å². The van der Waals surface area contributed by atoms with Crippen molar-refractivity contribution in [3.05, 3.63) is 76.9 Å². The fraction of sp³-hybridized carbons (Fsp3) is 0.286. The average Bonchev–Trinajstić information content (AvgIpc) is 2.95. The van der Waals surface area contributed by atoms with Gasteiger partial charge in [-0.2, -0.15) is 0 Å². The number of nitrogens with two attached hydrogens (primary N) is 1. The lowest BCUT2D eigenvalue weighted by molar-refractivity contribution is 0.0956. The van der Waals surface area contributed by atoms with Crippen molar-refractivity contribution in [3.8, 4) is 0 Å². The van der Waals surface area contributed by atoms with Crippen LogP contribution < -0.4 is 11.1 Å². The van der Waals surface area contributed by atoms with Crippen LogP contribution in [0.15, 0.2) is 54.4 Å². The molecular weight excluding hydrogens is 338 g/mol. The number of amidine groups is 1. The van der Waals surface area contributed by atoms with E-state index in [1.165, 1.54) is 0 Å². The molecule has 6 nitrogen and oxygen atoms in total. The van der Waals surface area contributed by atoms with Crippen LogP contribution in [0.5, 0.6) is 0 Å². The molecule has 27 heavy (non-hydrogen) atoms. The maximum Gasteiger partial charge on any atom is 0.253 e. The Hall–Kier alpha value is -3.15. The van der Waals surface area contributed by atoms with Crippen LogP contribution in [0.25, 0.3) is 0 Å². The van der Waals surface area contributed by atoms with E-state index in [0.29, 0.717) is 25.1 Å². The van der Waals surface area contributed by atoms with Crippen molar-refractivity contribution in [2.24, 2.45) is 11.7 Å². The molecule has 0 spiro atoms. The van der Waals surface area contributed by atoms with E-state index in [4.69, 9.17) is 11.1 Å². The zero-order valence-corrected chi connectivity index (χ0v) is 15.7. The van der Waals surface area contributed by atoms with E-state index in [9.17, 15) is 4.79 Å². The number of aryl methyl sites for hydroxylation is 1. The SMILES string of the molecule is Cc1cc(C(=O)NCC2=CCC(C(=N)N)C=C2)c(C)n1Cc1ccncc1. The Morgan fingerprint density at radius 2 is 2.11 bits per heavy atom. The first-order valence-corrected chi connectivity index (χ1v) is 9.00. The molecule has 2 aromatic rings. The molecule has 0 aromatic carbocycles. The van der Waals surface area contributed by atoms with Gasteiger partial charge in [-0.3, -0.25) is 15.2 Å². The van der Waals surface area contributed by atoms with Crippen molar-refractivity contribution < 1.29 is 4.79 Å². The van der Waals surface area contributed by atoms with E-state index < -0.39 is 0 Å². The predicted octanol–water partition coefficient (Wildman–Crippen LogP) is 2.72. The first-order chi connectivity index (χ1) is 13.0. The first kappa shape index (κ1) is 18.6. The molecule has 1 aliphatic rings. The second-order valence-corrected chi connectivity index (χ2v) is 6.84. The summed E-state index contributed by atoms with van der Waals surface area (Å²) in [6, 6.07) is 5.90. The van der Waals surface area contributed by atoms with Gasteiger partial charge in [-0.25, -0.2) is 0 Å². The van der Waals surface area contributed by atoms with Gasteiger partial charge in [0, 0.05) is 42.8 Å². The molecule has 0 saturated carbocycles. The van der Waals surface area contributed by atoms with E-state index in [1.807, 2.05) is 50.3 Å². The number of hydrogen-bond donors (Lipinski definition) is 3. The molecule has 0 aliphatic heterocycles. The van der Waals surface area contributed by atoms with Crippen LogP contribution in [0.1, 0.15) is 33.7 Å². The third-order valence-corrected chi connectivity index (χ3v) is 4.94. The number of amides is 1. The van der Waals surface area contributed by atoms with Gasteiger partial charge >= 0.3 is 0 Å². The van der Waals surface area contributed by atoms with Gasteiger partial charge in [0.2, 0.25) is 0 Å². The standard InChI is InChI=1S/C21H25N5O/c1-14-11-19(15(2)26(14)13-17-7-9-24-10-8-17)21(27)25-12-16-3-5-18(6-4-16)20(22)23/h3-5,7-11,18H,6,12-13H2,1-2H3,(H3,22,23)(H,25,27). The predicted molar refractivity (Wildman–Crippen MR) is 107 cm³/mol. The lowest BCUT2D eigenvalue weighted by Gasteiger charge is -2.15. The zero-order valence-electron chi connectivity index (χ0n) is 15.7. The fourth-order valence-corrected chi connectivity index (χ4v) is 3.25. The monoisotopic (exact) mass is 363 g/mol. The lowest BCUT2D eigenvalue weighted by atomic mass is 9.96. The molecule has 0 saturated heterocycles. The third-order valence-electron chi connectivity index (χ3n) is 4.94. The highest BCUT2D eigenvalue weighted by atomic mass is 16.1. The van der Waals surface area contributed by atoms with Crippen LogP contribution in [-0.2, 0) is 6.54 Å². The minimum Gasteiger partial charge on any atom is -0.387 e. The molecule has 0 bridgehead atoms. The Balaban J connectivity index is 1.65. The van der Waals surface area contributed by atoms with Gasteiger partial charge in [0.25, 0.3) is 5.91 Å². The second kappa shape index (κ2) is 8.03. The van der Waals surface area contributed by atoms with Gasteiger partial charge in [-0.1, -0.05) is 18.2 Å². The minimum absolute atomic E-state index is 0.0310. The summed E-state index contributed by atoms with van der Waals surface area (Å²) in [7, 11) is 0. The van der Waals surface area contributed by atoms with Gasteiger partial charge in [-0.15, -0.1) is 0 Å². The number of carbonyl (C=O) groups excluding carboxylic acids is 1. The molecule has 6 heteroatoms. The molecule has 1 amide bonds. The van der Waals surface area contributed by atoms with Crippen molar-refractivity contribution >= 4 is 11.7 Å². The van der Waals surface area contributed by atoms with Crippen LogP contribution in [0.4, 0.5) is 0 Å². The minimum atomic E-state index is -0.0768.